The second-order valence-corrected chi connectivity index (χ2v) is 25.4. The number of hydrazine groups is 1. The predicted octanol–water partition coefficient (Wildman–Crippen LogP) is 4.49. The number of fused-ring (bicyclic) bond motifs is 8. The number of amides is 5. The summed E-state index contributed by atoms with van der Waals surface area (Å²) in [6.07, 6.45) is 7.97. The Bertz CT molecular complexity index is 2580. The first-order chi connectivity index (χ1) is 33.0. The Labute approximate surface area is 406 Å². The van der Waals surface area contributed by atoms with Crippen LogP contribution in [0.25, 0.3) is 27.7 Å². The molecule has 2 N–H and O–H groups in total. The van der Waals surface area contributed by atoms with Gasteiger partial charge in [0.25, 0.3) is 5.91 Å². The summed E-state index contributed by atoms with van der Waals surface area (Å²) in [7, 11) is 3.23. The molecule has 2 unspecified atom stereocenters. The minimum Gasteiger partial charge on any atom is -0.464 e. The molecule has 7 atom stereocenters. The van der Waals surface area contributed by atoms with Gasteiger partial charge in [-0.05, 0) is 92.2 Å². The van der Waals surface area contributed by atoms with Gasteiger partial charge >= 0.3 is 12.0 Å². The number of carbonyl (C=O) groups is 5. The van der Waals surface area contributed by atoms with E-state index in [9.17, 15) is 24.0 Å². The van der Waals surface area contributed by atoms with E-state index in [4.69, 9.17) is 14.5 Å². The van der Waals surface area contributed by atoms with E-state index < -0.39 is 49.8 Å². The summed E-state index contributed by atoms with van der Waals surface area (Å²) in [5.74, 6) is -1.87. The van der Waals surface area contributed by atoms with Gasteiger partial charge in [-0.3, -0.25) is 34.1 Å². The number of ether oxygens (including phenoxy) is 2. The van der Waals surface area contributed by atoms with Crippen molar-refractivity contribution in [3.63, 3.8) is 0 Å². The van der Waals surface area contributed by atoms with Crippen molar-refractivity contribution >= 4 is 54.4 Å². The van der Waals surface area contributed by atoms with Crippen molar-refractivity contribution in [1.82, 2.24) is 49.5 Å². The van der Waals surface area contributed by atoms with Gasteiger partial charge in [-0.25, -0.2) is 10.2 Å². The molecular weight excluding hydrogens is 893 g/mol. The Morgan fingerprint density at radius 3 is 2.65 bits per heavy atom. The molecule has 3 aromatic rings. The molecule has 0 saturated carbocycles. The number of carbonyl (C=O) groups excluding carboxylic acids is 5. The Morgan fingerprint density at radius 1 is 1.13 bits per heavy atom. The molecule has 6 aliphatic rings. The molecule has 370 valence electrons. The summed E-state index contributed by atoms with van der Waals surface area (Å²) in [6, 6.07) is 8.68. The predicted molar refractivity (Wildman–Crippen MR) is 265 cm³/mol. The van der Waals surface area contributed by atoms with Gasteiger partial charge in [0, 0.05) is 99.8 Å². The maximum atomic E-state index is 14.9. The molecule has 2 aromatic heterocycles. The number of esters is 1. The van der Waals surface area contributed by atoms with E-state index in [1.807, 2.05) is 38.1 Å². The third-order valence-electron chi connectivity index (χ3n) is 15.9. The number of nitrogens with one attached hydrogen (secondary N) is 2. The highest BCUT2D eigenvalue weighted by Crippen LogP contribution is 2.57. The summed E-state index contributed by atoms with van der Waals surface area (Å²) >= 11 is 0. The molecule has 7 heterocycles. The fourth-order valence-corrected chi connectivity index (χ4v) is 16.7. The van der Waals surface area contributed by atoms with Gasteiger partial charge in [-0.2, -0.15) is 0 Å². The van der Waals surface area contributed by atoms with Crippen molar-refractivity contribution in [1.29, 1.82) is 0 Å². The minimum atomic E-state index is -2.19. The first-order valence-corrected chi connectivity index (χ1v) is 27.3. The highest BCUT2D eigenvalue weighted by molar-refractivity contribution is 6.79. The van der Waals surface area contributed by atoms with Crippen LogP contribution in [0.1, 0.15) is 82.7 Å². The van der Waals surface area contributed by atoms with E-state index in [0.29, 0.717) is 58.0 Å². The molecular formula is C51H70N10O7Si. The largest absolute Gasteiger partial charge is 0.464 e. The topological polar surface area (TPSA) is 165 Å². The van der Waals surface area contributed by atoms with Crippen LogP contribution >= 0.6 is 0 Å². The van der Waals surface area contributed by atoms with Gasteiger partial charge in [0.05, 0.1) is 24.7 Å². The lowest BCUT2D eigenvalue weighted by Gasteiger charge is -2.42. The van der Waals surface area contributed by atoms with Gasteiger partial charge in [-0.15, -0.1) is 0 Å². The zero-order valence-corrected chi connectivity index (χ0v) is 42.6. The van der Waals surface area contributed by atoms with E-state index in [-0.39, 0.29) is 42.8 Å². The summed E-state index contributed by atoms with van der Waals surface area (Å²) in [5, 5.41) is 5.73. The number of nitrogens with zero attached hydrogens (tertiary/aromatic N) is 8. The van der Waals surface area contributed by atoms with Crippen LogP contribution in [-0.2, 0) is 35.2 Å². The Kier molecular flexibility index (Phi) is 13.4. The number of urea groups is 1. The number of cyclic esters (lactones) is 1. The lowest BCUT2D eigenvalue weighted by atomic mass is 9.67. The highest BCUT2D eigenvalue weighted by Gasteiger charge is 2.53. The normalized spacial score (nSPS) is 27.5. The molecule has 69 heavy (non-hydrogen) atoms. The van der Waals surface area contributed by atoms with Crippen molar-refractivity contribution in [3.8, 4) is 11.3 Å². The molecule has 3 fully saturated rings. The maximum absolute atomic E-state index is 14.9. The maximum Gasteiger partial charge on any atom is 0.324 e. The van der Waals surface area contributed by atoms with Crippen LogP contribution in [0.2, 0.25) is 6.04 Å². The fraction of sp³-hybridized carbons (Fsp3) is 0.569. The molecule has 1 spiro atoms. The monoisotopic (exact) mass is 963 g/mol. The molecule has 18 heteroatoms. The lowest BCUT2D eigenvalue weighted by molar-refractivity contribution is -0.156. The zero-order chi connectivity index (χ0) is 49.1. The van der Waals surface area contributed by atoms with E-state index in [0.717, 1.165) is 63.6 Å². The number of hydrogen-bond acceptors (Lipinski definition) is 11. The SMILES string of the molecule is C=CC(=O)N1CN(C)[Si@@]2(CCN(C(=O)N(C)[C@H](C(=O)N[C@H]3CN4CCC=C(C4)c4ccc5c(c4)c4c(n5CC)-c5cccnc5[C@@H](OC)C4C(C)(C)COC(=O)[C@@H]4CCCN(N4)C3=O)C(C)C)C2)C1. The van der Waals surface area contributed by atoms with Gasteiger partial charge < -0.3 is 38.6 Å². The summed E-state index contributed by atoms with van der Waals surface area (Å²) in [6.45, 7) is 17.5. The number of methoxy groups -OCH3 is 1. The van der Waals surface area contributed by atoms with Crippen molar-refractivity contribution in [2.45, 2.75) is 96.6 Å². The van der Waals surface area contributed by atoms with Crippen LogP contribution in [0.5, 0.6) is 0 Å². The third kappa shape index (κ3) is 8.69. The number of benzene rings is 1. The van der Waals surface area contributed by atoms with Crippen molar-refractivity contribution in [2.24, 2.45) is 11.3 Å². The number of rotatable bonds is 7. The first-order valence-electron chi connectivity index (χ1n) is 24.8. The minimum absolute atomic E-state index is 0.0922. The van der Waals surface area contributed by atoms with Crippen LogP contribution in [0.15, 0.2) is 55.3 Å². The molecule has 6 bridgehead atoms. The molecule has 3 saturated heterocycles. The van der Waals surface area contributed by atoms with Crippen LogP contribution in [0.3, 0.4) is 0 Å². The van der Waals surface area contributed by atoms with E-state index in [1.165, 1.54) is 16.0 Å². The van der Waals surface area contributed by atoms with E-state index >= 15 is 0 Å². The first kappa shape index (κ1) is 48.6. The van der Waals surface area contributed by atoms with E-state index in [2.05, 4.69) is 82.5 Å². The highest BCUT2D eigenvalue weighted by atomic mass is 28.3. The van der Waals surface area contributed by atoms with Crippen molar-refractivity contribution < 1.29 is 33.4 Å². The standard InChI is InChI=1S/C51H70N10O7Si/c1-10-40(62)59-29-55(7)69(31-59)24-23-58(30-69)50(66)56(8)44(32(3)4)47(63)53-38-27-57-21-13-15-34(26-57)33-18-19-39-36(25-33)41-42(46(67-9)43-35(16-12-20-52-43)45(41)60(39)11-2)51(5,6)28-68-49(65)37-17-14-22-61(54-37)48(38)64/h10,12,15-16,18-20,25,32,37-38,42,44,46,54H,1,11,13-14,17,21-24,26-31H2,2-9H3,(H,53,63)/t37-,38-,42?,44-,46-,69+/m0/s1. The molecule has 0 radical (unpaired) electrons. The molecule has 17 nitrogen and oxygen atoms in total. The smallest absolute Gasteiger partial charge is 0.324 e. The number of aromatic nitrogens is 2. The van der Waals surface area contributed by atoms with Gasteiger partial charge in [-0.1, -0.05) is 46.4 Å². The summed E-state index contributed by atoms with van der Waals surface area (Å²) < 4.78 is 17.3. The van der Waals surface area contributed by atoms with Crippen LogP contribution in [-0.4, -0.2) is 174 Å². The second-order valence-electron chi connectivity index (χ2n) is 21.1. The number of hydrogen-bond donors (Lipinski definition) is 2. The van der Waals surface area contributed by atoms with E-state index in [1.54, 1.807) is 19.1 Å². The Morgan fingerprint density at radius 2 is 1.91 bits per heavy atom. The molecule has 9 rings (SSSR count). The van der Waals surface area contributed by atoms with Crippen molar-refractivity contribution in [2.75, 3.05) is 79.5 Å². The molecule has 5 aliphatic heterocycles. The molecule has 1 aromatic carbocycles. The zero-order valence-electron chi connectivity index (χ0n) is 41.6. The van der Waals surface area contributed by atoms with Crippen molar-refractivity contribution in [3.05, 3.63) is 72.1 Å². The quantitative estimate of drug-likeness (QED) is 0.195. The second kappa shape index (κ2) is 19.1. The van der Waals surface area contributed by atoms with Gasteiger partial charge in [0.15, 0.2) is 8.24 Å². The van der Waals surface area contributed by atoms with Crippen LogP contribution in [0, 0.1) is 11.3 Å². The molecule has 1 aliphatic carbocycles. The summed E-state index contributed by atoms with van der Waals surface area (Å²) in [4.78, 5) is 83.0. The third-order valence-corrected chi connectivity index (χ3v) is 20.7. The fourth-order valence-electron chi connectivity index (χ4n) is 12.3. The van der Waals surface area contributed by atoms with Crippen LogP contribution in [0.4, 0.5) is 4.79 Å². The van der Waals surface area contributed by atoms with Gasteiger partial charge in [0.1, 0.15) is 24.2 Å². The number of aryl methyl sites for hydroxylation is 1. The average molecular weight is 963 g/mol. The number of pyridine rings is 1. The average Bonchev–Trinajstić information content (AvgIpc) is 4.03. The molecule has 5 amide bonds. The Balaban J connectivity index is 1.03. The summed E-state index contributed by atoms with van der Waals surface area (Å²) in [5.41, 5.74) is 10.0. The Hall–Kier alpha value is -5.40. The van der Waals surface area contributed by atoms with Gasteiger partial charge in [0.2, 0.25) is 11.8 Å². The number of likely N-dealkylation sites (N-methyl/N-ethyl adjacent to an activating group) is 1. The lowest BCUT2D eigenvalue weighted by Crippen LogP contribution is -2.64. The van der Waals surface area contributed by atoms with Crippen LogP contribution < -0.4 is 10.7 Å².